The van der Waals surface area contributed by atoms with Crippen molar-refractivity contribution in [3.05, 3.63) is 58.7 Å². The van der Waals surface area contributed by atoms with Crippen molar-refractivity contribution < 1.29 is 0 Å². The van der Waals surface area contributed by atoms with Crippen molar-refractivity contribution in [3.63, 3.8) is 0 Å². The van der Waals surface area contributed by atoms with Gasteiger partial charge in [-0.15, -0.1) is 0 Å². The van der Waals surface area contributed by atoms with E-state index in [2.05, 4.69) is 57.2 Å². The SMILES string of the molecule is CC(C)=CCC/C(C)=C/Cc1ccc(CN)cc1. The zero-order valence-electron chi connectivity index (χ0n) is 11.9. The Bertz CT molecular complexity index is 406. The molecule has 0 aliphatic rings. The van der Waals surface area contributed by atoms with E-state index in [9.17, 15) is 0 Å². The summed E-state index contributed by atoms with van der Waals surface area (Å²) >= 11 is 0. The fourth-order valence-corrected chi connectivity index (χ4v) is 1.79. The second kappa shape index (κ2) is 7.88. The smallest absolute Gasteiger partial charge is 0.0178 e. The summed E-state index contributed by atoms with van der Waals surface area (Å²) in [6, 6.07) is 8.56. The minimum absolute atomic E-state index is 0.623. The maximum Gasteiger partial charge on any atom is 0.0178 e. The molecule has 1 aromatic carbocycles. The summed E-state index contributed by atoms with van der Waals surface area (Å²) in [7, 11) is 0. The van der Waals surface area contributed by atoms with Crippen LogP contribution >= 0.6 is 0 Å². The van der Waals surface area contributed by atoms with Crippen LogP contribution in [0, 0.1) is 0 Å². The molecule has 0 aliphatic heterocycles. The lowest BCUT2D eigenvalue weighted by Gasteiger charge is -2.02. The molecule has 0 radical (unpaired) electrons. The highest BCUT2D eigenvalue weighted by Crippen LogP contribution is 2.10. The average molecular weight is 243 g/mol. The van der Waals surface area contributed by atoms with Crippen LogP contribution in [0.2, 0.25) is 0 Å². The van der Waals surface area contributed by atoms with E-state index in [1.165, 1.54) is 22.3 Å². The number of hydrogen-bond donors (Lipinski definition) is 1. The summed E-state index contributed by atoms with van der Waals surface area (Å²) in [5.74, 6) is 0. The van der Waals surface area contributed by atoms with Gasteiger partial charge in [-0.05, 0) is 51.2 Å². The van der Waals surface area contributed by atoms with E-state index < -0.39 is 0 Å². The molecule has 0 aliphatic carbocycles. The second-order valence-corrected chi connectivity index (χ2v) is 5.10. The highest BCUT2D eigenvalue weighted by atomic mass is 14.5. The van der Waals surface area contributed by atoms with E-state index in [1.54, 1.807) is 0 Å². The first-order chi connectivity index (χ1) is 8.61. The number of allylic oxidation sites excluding steroid dienone is 4. The molecule has 0 saturated heterocycles. The van der Waals surface area contributed by atoms with Crippen molar-refractivity contribution in [2.24, 2.45) is 5.73 Å². The number of hydrogen-bond acceptors (Lipinski definition) is 1. The zero-order valence-corrected chi connectivity index (χ0v) is 11.9. The van der Waals surface area contributed by atoms with Crippen LogP contribution < -0.4 is 5.73 Å². The molecule has 0 bridgehead atoms. The molecule has 1 nitrogen and oxygen atoms in total. The number of nitrogens with two attached hydrogens (primary N) is 1. The normalized spacial score (nSPS) is 11.4. The summed E-state index contributed by atoms with van der Waals surface area (Å²) in [5, 5.41) is 0. The number of benzene rings is 1. The fourth-order valence-electron chi connectivity index (χ4n) is 1.79. The number of rotatable bonds is 6. The van der Waals surface area contributed by atoms with Crippen molar-refractivity contribution in [1.82, 2.24) is 0 Å². The topological polar surface area (TPSA) is 26.0 Å². The molecular weight excluding hydrogens is 218 g/mol. The summed E-state index contributed by atoms with van der Waals surface area (Å²) < 4.78 is 0. The fraction of sp³-hybridized carbons (Fsp3) is 0.412. The van der Waals surface area contributed by atoms with Crippen molar-refractivity contribution >= 4 is 0 Å². The molecule has 0 aromatic heterocycles. The van der Waals surface area contributed by atoms with Crippen LogP contribution in [-0.2, 0) is 13.0 Å². The predicted molar refractivity (Wildman–Crippen MR) is 80.5 cm³/mol. The first-order valence-corrected chi connectivity index (χ1v) is 6.68. The third-order valence-electron chi connectivity index (χ3n) is 3.04. The molecule has 0 amide bonds. The van der Waals surface area contributed by atoms with Gasteiger partial charge in [0.05, 0.1) is 0 Å². The molecule has 0 atom stereocenters. The van der Waals surface area contributed by atoms with Crippen molar-refractivity contribution in [2.45, 2.75) is 46.6 Å². The van der Waals surface area contributed by atoms with Gasteiger partial charge in [0.1, 0.15) is 0 Å². The van der Waals surface area contributed by atoms with Crippen molar-refractivity contribution in [2.75, 3.05) is 0 Å². The van der Waals surface area contributed by atoms with Gasteiger partial charge < -0.3 is 5.73 Å². The van der Waals surface area contributed by atoms with E-state index >= 15 is 0 Å². The van der Waals surface area contributed by atoms with Gasteiger partial charge in [0.25, 0.3) is 0 Å². The maximum atomic E-state index is 5.58. The molecule has 1 heteroatoms. The molecule has 1 rings (SSSR count). The van der Waals surface area contributed by atoms with Crippen LogP contribution in [0.3, 0.4) is 0 Å². The highest BCUT2D eigenvalue weighted by molar-refractivity contribution is 5.24. The lowest BCUT2D eigenvalue weighted by atomic mass is 10.0. The Morgan fingerprint density at radius 3 is 2.17 bits per heavy atom. The van der Waals surface area contributed by atoms with Gasteiger partial charge in [-0.3, -0.25) is 0 Å². The van der Waals surface area contributed by atoms with Gasteiger partial charge in [-0.1, -0.05) is 47.6 Å². The van der Waals surface area contributed by atoms with Gasteiger partial charge in [0.2, 0.25) is 0 Å². The van der Waals surface area contributed by atoms with E-state index in [-0.39, 0.29) is 0 Å². The van der Waals surface area contributed by atoms with Gasteiger partial charge in [0.15, 0.2) is 0 Å². The predicted octanol–water partition coefficient (Wildman–Crippen LogP) is 4.38. The standard InChI is InChI=1S/C17H25N/c1-14(2)5-4-6-15(3)7-8-16-9-11-17(13-18)12-10-16/h5,7,9-12H,4,6,8,13,18H2,1-3H3/b15-7+. The molecule has 18 heavy (non-hydrogen) atoms. The molecule has 1 aromatic rings. The van der Waals surface area contributed by atoms with Crippen LogP contribution in [0.15, 0.2) is 47.6 Å². The highest BCUT2D eigenvalue weighted by Gasteiger charge is 1.93. The first kappa shape index (κ1) is 14.7. The Hall–Kier alpha value is -1.34. The maximum absolute atomic E-state index is 5.58. The molecule has 0 spiro atoms. The van der Waals surface area contributed by atoms with E-state index in [0.717, 1.165) is 19.3 Å². The monoisotopic (exact) mass is 243 g/mol. The second-order valence-electron chi connectivity index (χ2n) is 5.10. The van der Waals surface area contributed by atoms with Gasteiger partial charge in [-0.2, -0.15) is 0 Å². The zero-order chi connectivity index (χ0) is 13.4. The average Bonchev–Trinajstić information content (AvgIpc) is 2.36. The molecule has 0 saturated carbocycles. The lowest BCUT2D eigenvalue weighted by molar-refractivity contribution is 0.955. The quantitative estimate of drug-likeness (QED) is 0.737. The van der Waals surface area contributed by atoms with E-state index in [1.807, 2.05) is 0 Å². The minimum atomic E-state index is 0.623. The lowest BCUT2D eigenvalue weighted by Crippen LogP contribution is -1.95. The molecule has 98 valence electrons. The van der Waals surface area contributed by atoms with Gasteiger partial charge >= 0.3 is 0 Å². The van der Waals surface area contributed by atoms with Gasteiger partial charge in [-0.25, -0.2) is 0 Å². The molecular formula is C17H25N. The van der Waals surface area contributed by atoms with Crippen molar-refractivity contribution in [1.29, 1.82) is 0 Å². The Labute approximate surface area is 111 Å². The summed E-state index contributed by atoms with van der Waals surface area (Å²) in [6.45, 7) is 7.14. The third-order valence-corrected chi connectivity index (χ3v) is 3.04. The van der Waals surface area contributed by atoms with Crippen LogP contribution in [0.1, 0.15) is 44.7 Å². The molecule has 2 N–H and O–H groups in total. The van der Waals surface area contributed by atoms with Gasteiger partial charge in [0, 0.05) is 6.54 Å². The first-order valence-electron chi connectivity index (χ1n) is 6.68. The summed E-state index contributed by atoms with van der Waals surface area (Å²) in [6.07, 6.45) is 7.96. The van der Waals surface area contributed by atoms with E-state index in [4.69, 9.17) is 5.73 Å². The Balaban J connectivity index is 2.44. The molecule has 0 heterocycles. The van der Waals surface area contributed by atoms with Crippen LogP contribution in [0.25, 0.3) is 0 Å². The third kappa shape index (κ3) is 5.83. The Morgan fingerprint density at radius 2 is 1.61 bits per heavy atom. The minimum Gasteiger partial charge on any atom is -0.326 e. The summed E-state index contributed by atoms with van der Waals surface area (Å²) in [5.41, 5.74) is 11.0. The molecule has 0 fully saturated rings. The largest absolute Gasteiger partial charge is 0.326 e. The van der Waals surface area contributed by atoms with Crippen LogP contribution in [0.4, 0.5) is 0 Å². The van der Waals surface area contributed by atoms with Crippen LogP contribution in [-0.4, -0.2) is 0 Å². The van der Waals surface area contributed by atoms with Crippen LogP contribution in [0.5, 0.6) is 0 Å². The molecule has 0 unspecified atom stereocenters. The summed E-state index contributed by atoms with van der Waals surface area (Å²) in [4.78, 5) is 0. The van der Waals surface area contributed by atoms with Crippen molar-refractivity contribution in [3.8, 4) is 0 Å². The van der Waals surface area contributed by atoms with E-state index in [0.29, 0.717) is 6.54 Å². The Morgan fingerprint density at radius 1 is 1.00 bits per heavy atom. The Kier molecular flexibility index (Phi) is 6.45.